The Bertz CT molecular complexity index is 710. The highest BCUT2D eigenvalue weighted by Gasteiger charge is 2.18. The first kappa shape index (κ1) is 14.9. The fourth-order valence-electron chi connectivity index (χ4n) is 1.70. The zero-order valence-electron chi connectivity index (χ0n) is 9.94. The zero-order chi connectivity index (χ0) is 14.7. The lowest BCUT2D eigenvalue weighted by Gasteiger charge is -2.12. The van der Waals surface area contributed by atoms with E-state index >= 15 is 0 Å². The van der Waals surface area contributed by atoms with Gasteiger partial charge in [-0.1, -0.05) is 40.5 Å². The van der Waals surface area contributed by atoms with Gasteiger partial charge in [0.1, 0.15) is 11.8 Å². The van der Waals surface area contributed by atoms with Gasteiger partial charge in [0.05, 0.1) is 10.6 Å². The van der Waals surface area contributed by atoms with Gasteiger partial charge < -0.3 is 5.21 Å². The molecule has 1 N–H and O–H groups in total. The highest BCUT2D eigenvalue weighted by atomic mass is 79.9. The largest absolute Gasteiger partial charge is 0.410 e. The minimum absolute atomic E-state index is 0.298. The van der Waals surface area contributed by atoms with Gasteiger partial charge in [-0.15, -0.1) is 0 Å². The molecule has 1 aliphatic carbocycles. The molecule has 1 aromatic rings. The third kappa shape index (κ3) is 2.96. The van der Waals surface area contributed by atoms with Crippen molar-refractivity contribution in [1.29, 1.82) is 5.26 Å². The third-order valence-corrected chi connectivity index (χ3v) is 3.86. The van der Waals surface area contributed by atoms with Crippen LogP contribution in [0.2, 0.25) is 5.02 Å². The van der Waals surface area contributed by atoms with Gasteiger partial charge in [0, 0.05) is 15.1 Å². The Hall–Kier alpha value is -1.54. The maximum Gasteiger partial charge on any atom is 0.118 e. The molecule has 1 aromatic carbocycles. The summed E-state index contributed by atoms with van der Waals surface area (Å²) in [7, 11) is 0. The minimum atomic E-state index is 0.298. The number of nitriles is 1. The van der Waals surface area contributed by atoms with Crippen LogP contribution in [-0.4, -0.2) is 10.9 Å². The smallest absolute Gasteiger partial charge is 0.118 e. The van der Waals surface area contributed by atoms with Crippen molar-refractivity contribution in [2.75, 3.05) is 0 Å². The molecule has 0 fully saturated rings. The Morgan fingerprint density at radius 1 is 1.20 bits per heavy atom. The minimum Gasteiger partial charge on any atom is -0.410 e. The normalized spacial score (nSPS) is 19.2. The standard InChI is InChI=1S/C14H7BrCl2N2O/c15-12-5-10(13(17)6-14(12)19-20)11(7-18)8-1-3-9(16)4-2-8/h1-6,20H/b11-10+,19-14?. The van der Waals surface area contributed by atoms with Crippen molar-refractivity contribution in [3.8, 4) is 6.07 Å². The van der Waals surface area contributed by atoms with Gasteiger partial charge in [0.25, 0.3) is 0 Å². The summed E-state index contributed by atoms with van der Waals surface area (Å²) >= 11 is 15.2. The summed E-state index contributed by atoms with van der Waals surface area (Å²) in [5, 5.41) is 22.2. The van der Waals surface area contributed by atoms with E-state index in [0.29, 0.717) is 37.0 Å². The fraction of sp³-hybridized carbons (Fsp3) is 0. The van der Waals surface area contributed by atoms with Crippen molar-refractivity contribution >= 4 is 50.4 Å². The maximum atomic E-state index is 9.38. The van der Waals surface area contributed by atoms with E-state index in [4.69, 9.17) is 28.4 Å². The number of rotatable bonds is 1. The highest BCUT2D eigenvalue weighted by Crippen LogP contribution is 2.33. The molecule has 0 bridgehead atoms. The first-order chi connectivity index (χ1) is 9.56. The van der Waals surface area contributed by atoms with Crippen molar-refractivity contribution in [1.82, 2.24) is 0 Å². The van der Waals surface area contributed by atoms with Crippen LogP contribution >= 0.6 is 39.1 Å². The number of hydrogen-bond acceptors (Lipinski definition) is 3. The molecule has 0 unspecified atom stereocenters. The molecule has 0 aromatic heterocycles. The van der Waals surface area contributed by atoms with Crippen LogP contribution in [0.3, 0.4) is 0 Å². The Labute approximate surface area is 134 Å². The van der Waals surface area contributed by atoms with E-state index in [-0.39, 0.29) is 0 Å². The molecule has 0 saturated carbocycles. The lowest BCUT2D eigenvalue weighted by atomic mass is 9.97. The average Bonchev–Trinajstić information content (AvgIpc) is 2.45. The molecule has 0 amide bonds. The predicted molar refractivity (Wildman–Crippen MR) is 84.2 cm³/mol. The topological polar surface area (TPSA) is 56.4 Å². The molecule has 1 aliphatic rings. The van der Waals surface area contributed by atoms with Crippen molar-refractivity contribution in [2.24, 2.45) is 5.16 Å². The Morgan fingerprint density at radius 3 is 2.40 bits per heavy atom. The van der Waals surface area contributed by atoms with Gasteiger partial charge in [-0.2, -0.15) is 5.26 Å². The van der Waals surface area contributed by atoms with Crippen molar-refractivity contribution in [3.63, 3.8) is 0 Å². The second kappa shape index (κ2) is 6.27. The van der Waals surface area contributed by atoms with Crippen LogP contribution in [0, 0.1) is 11.3 Å². The van der Waals surface area contributed by atoms with Gasteiger partial charge in [-0.25, -0.2) is 0 Å². The number of hydrogen-bond donors (Lipinski definition) is 1. The average molecular weight is 370 g/mol. The van der Waals surface area contributed by atoms with Crippen LogP contribution in [0.5, 0.6) is 0 Å². The van der Waals surface area contributed by atoms with E-state index in [0.717, 1.165) is 0 Å². The maximum absolute atomic E-state index is 9.38. The van der Waals surface area contributed by atoms with Crippen LogP contribution in [-0.2, 0) is 0 Å². The number of halogens is 3. The lowest BCUT2D eigenvalue weighted by Crippen LogP contribution is -2.03. The zero-order valence-corrected chi connectivity index (χ0v) is 13.0. The van der Waals surface area contributed by atoms with Gasteiger partial charge in [-0.05, 0) is 45.8 Å². The molecule has 0 saturated heterocycles. The molecule has 0 heterocycles. The van der Waals surface area contributed by atoms with E-state index in [2.05, 4.69) is 27.2 Å². The second-order valence-corrected chi connectivity index (χ2v) is 5.58. The monoisotopic (exact) mass is 368 g/mol. The van der Waals surface area contributed by atoms with Crippen LogP contribution in [0.4, 0.5) is 0 Å². The second-order valence-electron chi connectivity index (χ2n) is 3.88. The van der Waals surface area contributed by atoms with E-state index in [9.17, 15) is 5.26 Å². The van der Waals surface area contributed by atoms with E-state index in [1.807, 2.05) is 0 Å². The number of oxime groups is 1. The summed E-state index contributed by atoms with van der Waals surface area (Å²) in [5.41, 5.74) is 1.97. The molecule has 6 heteroatoms. The molecule has 3 nitrogen and oxygen atoms in total. The van der Waals surface area contributed by atoms with Crippen LogP contribution in [0.15, 0.2) is 56.7 Å². The molecular formula is C14H7BrCl2N2O. The molecule has 0 aliphatic heterocycles. The number of allylic oxidation sites excluding steroid dienone is 6. The Kier molecular flexibility index (Phi) is 4.66. The van der Waals surface area contributed by atoms with Gasteiger partial charge in [0.2, 0.25) is 0 Å². The molecular weight excluding hydrogens is 363 g/mol. The molecule has 100 valence electrons. The van der Waals surface area contributed by atoms with Gasteiger partial charge in [0.15, 0.2) is 0 Å². The summed E-state index contributed by atoms with van der Waals surface area (Å²) in [6, 6.07) is 9.03. The molecule has 0 radical (unpaired) electrons. The van der Waals surface area contributed by atoms with E-state index in [1.54, 1.807) is 30.3 Å². The van der Waals surface area contributed by atoms with Crippen LogP contribution in [0.25, 0.3) is 5.57 Å². The highest BCUT2D eigenvalue weighted by molar-refractivity contribution is 9.12. The van der Waals surface area contributed by atoms with Gasteiger partial charge in [-0.3, -0.25) is 0 Å². The van der Waals surface area contributed by atoms with Crippen LogP contribution < -0.4 is 0 Å². The number of nitrogens with zero attached hydrogens (tertiary/aromatic N) is 2. The van der Waals surface area contributed by atoms with Gasteiger partial charge >= 0.3 is 0 Å². The summed E-state index contributed by atoms with van der Waals surface area (Å²) in [4.78, 5) is 0. The molecule has 20 heavy (non-hydrogen) atoms. The van der Waals surface area contributed by atoms with Crippen molar-refractivity contribution in [2.45, 2.75) is 0 Å². The molecule has 2 rings (SSSR count). The summed E-state index contributed by atoms with van der Waals surface area (Å²) in [5.74, 6) is 0. The quantitative estimate of drug-likeness (QED) is 0.436. The third-order valence-electron chi connectivity index (χ3n) is 2.66. The van der Waals surface area contributed by atoms with E-state index < -0.39 is 0 Å². The summed E-state index contributed by atoms with van der Waals surface area (Å²) in [6.45, 7) is 0. The first-order valence-electron chi connectivity index (χ1n) is 5.44. The Morgan fingerprint density at radius 2 is 1.85 bits per heavy atom. The van der Waals surface area contributed by atoms with E-state index in [1.165, 1.54) is 6.08 Å². The molecule has 0 atom stereocenters. The van der Waals surface area contributed by atoms with Crippen molar-refractivity contribution in [3.05, 3.63) is 62.1 Å². The van der Waals surface area contributed by atoms with Crippen LogP contribution in [0.1, 0.15) is 5.56 Å². The summed E-state index contributed by atoms with van der Waals surface area (Å²) in [6.07, 6.45) is 3.12. The fourth-order valence-corrected chi connectivity index (χ4v) is 2.50. The number of benzene rings is 1. The van der Waals surface area contributed by atoms with Crippen molar-refractivity contribution < 1.29 is 5.21 Å². The lowest BCUT2D eigenvalue weighted by molar-refractivity contribution is 0.320. The molecule has 0 spiro atoms. The first-order valence-corrected chi connectivity index (χ1v) is 6.99. The SMILES string of the molecule is N#C/C(=C1/C=C(Br)C(=NO)C=C1Cl)c1ccc(Cl)cc1. The summed E-state index contributed by atoms with van der Waals surface area (Å²) < 4.78 is 0.543. The Balaban J connectivity index is 2.61. The predicted octanol–water partition coefficient (Wildman–Crippen LogP) is 4.86.